The predicted molar refractivity (Wildman–Crippen MR) is 105 cm³/mol. The molecular weight excluding hydrogens is 369 g/mol. The van der Waals surface area contributed by atoms with Gasteiger partial charge in [0.15, 0.2) is 16.6 Å². The largest absolute Gasteiger partial charge is 0.493 e. The molecule has 0 amide bonds. The Bertz CT molecular complexity index is 930. The summed E-state index contributed by atoms with van der Waals surface area (Å²) in [6.45, 7) is 0.477. The van der Waals surface area contributed by atoms with Gasteiger partial charge in [0.2, 0.25) is 5.95 Å². The van der Waals surface area contributed by atoms with Gasteiger partial charge in [0.1, 0.15) is 12.1 Å². The first-order valence-electron chi connectivity index (χ1n) is 8.01. The first-order chi connectivity index (χ1) is 13.1. The molecule has 3 aromatic rings. The van der Waals surface area contributed by atoms with Gasteiger partial charge in [-0.05, 0) is 42.0 Å². The van der Waals surface area contributed by atoms with E-state index >= 15 is 0 Å². The number of aromatic nitrogens is 3. The van der Waals surface area contributed by atoms with Crippen molar-refractivity contribution in [3.8, 4) is 11.5 Å². The summed E-state index contributed by atoms with van der Waals surface area (Å²) in [7, 11) is 3.14. The van der Waals surface area contributed by atoms with Crippen LogP contribution >= 0.6 is 12.2 Å². The van der Waals surface area contributed by atoms with E-state index in [9.17, 15) is 4.39 Å². The SMILES string of the molecule is COc1ccc(NC(=S)Nc2ncn(Cc3ccc(F)cc3)n2)cc1OC. The lowest BCUT2D eigenvalue weighted by Gasteiger charge is -2.11. The number of hydrogen-bond donors (Lipinski definition) is 2. The van der Waals surface area contributed by atoms with Gasteiger partial charge in [0, 0.05) is 11.8 Å². The fraction of sp³-hybridized carbons (Fsp3) is 0.167. The molecule has 2 N–H and O–H groups in total. The summed E-state index contributed by atoms with van der Waals surface area (Å²) in [5, 5.41) is 10.6. The number of rotatable bonds is 6. The van der Waals surface area contributed by atoms with Crippen molar-refractivity contribution in [1.82, 2.24) is 14.8 Å². The number of nitrogens with one attached hydrogen (secondary N) is 2. The Kier molecular flexibility index (Phi) is 5.82. The number of nitrogens with zero attached hydrogens (tertiary/aromatic N) is 3. The molecule has 2 aromatic carbocycles. The predicted octanol–water partition coefficient (Wildman–Crippen LogP) is 3.29. The minimum atomic E-state index is -0.272. The van der Waals surface area contributed by atoms with Crippen LogP contribution in [0.25, 0.3) is 0 Å². The van der Waals surface area contributed by atoms with Crippen LogP contribution in [0.15, 0.2) is 48.8 Å². The van der Waals surface area contributed by atoms with E-state index < -0.39 is 0 Å². The first-order valence-corrected chi connectivity index (χ1v) is 8.42. The summed E-state index contributed by atoms with van der Waals surface area (Å²) in [6.07, 6.45) is 1.57. The van der Waals surface area contributed by atoms with Crippen LogP contribution in [-0.4, -0.2) is 34.1 Å². The van der Waals surface area contributed by atoms with E-state index in [4.69, 9.17) is 21.7 Å². The zero-order valence-electron chi connectivity index (χ0n) is 14.8. The quantitative estimate of drug-likeness (QED) is 0.629. The smallest absolute Gasteiger partial charge is 0.248 e. The average Bonchev–Trinajstić information content (AvgIpc) is 3.10. The van der Waals surface area contributed by atoms with E-state index in [0.717, 1.165) is 11.3 Å². The van der Waals surface area contributed by atoms with E-state index in [-0.39, 0.29) is 5.82 Å². The second-order valence-electron chi connectivity index (χ2n) is 5.54. The lowest BCUT2D eigenvalue weighted by molar-refractivity contribution is 0.355. The van der Waals surface area contributed by atoms with Gasteiger partial charge in [-0.15, -0.1) is 5.10 Å². The molecule has 27 heavy (non-hydrogen) atoms. The molecule has 9 heteroatoms. The summed E-state index contributed by atoms with van der Waals surface area (Å²) in [5.41, 5.74) is 1.65. The molecule has 0 bridgehead atoms. The maximum atomic E-state index is 13.0. The van der Waals surface area contributed by atoms with Crippen molar-refractivity contribution in [3.63, 3.8) is 0 Å². The molecule has 0 unspecified atom stereocenters. The van der Waals surface area contributed by atoms with Gasteiger partial charge in [-0.25, -0.2) is 14.1 Å². The lowest BCUT2D eigenvalue weighted by Crippen LogP contribution is -2.20. The molecule has 7 nitrogen and oxygen atoms in total. The molecule has 0 fully saturated rings. The summed E-state index contributed by atoms with van der Waals surface area (Å²) in [6, 6.07) is 11.6. The molecule has 0 aliphatic heterocycles. The van der Waals surface area contributed by atoms with E-state index in [1.807, 2.05) is 6.07 Å². The van der Waals surface area contributed by atoms with Gasteiger partial charge in [0.05, 0.1) is 20.8 Å². The maximum Gasteiger partial charge on any atom is 0.248 e. The molecular formula is C18H18FN5O2S. The highest BCUT2D eigenvalue weighted by molar-refractivity contribution is 7.80. The van der Waals surface area contributed by atoms with E-state index in [1.165, 1.54) is 12.1 Å². The molecule has 1 aromatic heterocycles. The monoisotopic (exact) mass is 387 g/mol. The van der Waals surface area contributed by atoms with Crippen LogP contribution in [-0.2, 0) is 6.54 Å². The summed E-state index contributed by atoms with van der Waals surface area (Å²) in [5.74, 6) is 1.30. The topological polar surface area (TPSA) is 73.2 Å². The number of halogens is 1. The lowest BCUT2D eigenvalue weighted by atomic mass is 10.2. The molecule has 0 saturated heterocycles. The van der Waals surface area contributed by atoms with Gasteiger partial charge >= 0.3 is 0 Å². The number of ether oxygens (including phenoxy) is 2. The number of methoxy groups -OCH3 is 2. The Balaban J connectivity index is 1.60. The van der Waals surface area contributed by atoms with Crippen molar-refractivity contribution in [2.75, 3.05) is 24.9 Å². The van der Waals surface area contributed by atoms with Crippen molar-refractivity contribution in [2.24, 2.45) is 0 Å². The normalized spacial score (nSPS) is 10.3. The Morgan fingerprint density at radius 1 is 1.07 bits per heavy atom. The highest BCUT2D eigenvalue weighted by Gasteiger charge is 2.08. The molecule has 0 saturated carbocycles. The van der Waals surface area contributed by atoms with Crippen LogP contribution < -0.4 is 20.1 Å². The molecule has 0 spiro atoms. The standard InChI is InChI=1S/C18H18FN5O2S/c1-25-15-8-7-14(9-16(15)26-2)21-18(27)22-17-20-11-24(23-17)10-12-3-5-13(19)6-4-12/h3-9,11H,10H2,1-2H3,(H2,21,22,23,27). The number of hydrogen-bond acceptors (Lipinski definition) is 5. The van der Waals surface area contributed by atoms with Crippen molar-refractivity contribution in [2.45, 2.75) is 6.54 Å². The third-order valence-electron chi connectivity index (χ3n) is 3.66. The highest BCUT2D eigenvalue weighted by atomic mass is 32.1. The van der Waals surface area contributed by atoms with Crippen molar-refractivity contribution >= 4 is 29.0 Å². The zero-order valence-corrected chi connectivity index (χ0v) is 15.6. The van der Waals surface area contributed by atoms with Crippen LogP contribution in [0.1, 0.15) is 5.56 Å². The average molecular weight is 387 g/mol. The third kappa shape index (κ3) is 4.91. The molecule has 0 radical (unpaired) electrons. The van der Waals surface area contributed by atoms with Crippen LogP contribution in [0.4, 0.5) is 16.0 Å². The van der Waals surface area contributed by atoms with Crippen LogP contribution in [0.2, 0.25) is 0 Å². The minimum absolute atomic E-state index is 0.272. The van der Waals surface area contributed by atoms with Crippen molar-refractivity contribution < 1.29 is 13.9 Å². The molecule has 140 valence electrons. The van der Waals surface area contributed by atoms with Gasteiger partial charge in [-0.2, -0.15) is 0 Å². The number of anilines is 2. The fourth-order valence-electron chi connectivity index (χ4n) is 2.38. The third-order valence-corrected chi connectivity index (χ3v) is 3.87. The van der Waals surface area contributed by atoms with Gasteiger partial charge in [-0.3, -0.25) is 5.32 Å². The van der Waals surface area contributed by atoms with E-state index in [1.54, 1.807) is 49.5 Å². The highest BCUT2D eigenvalue weighted by Crippen LogP contribution is 2.29. The van der Waals surface area contributed by atoms with Crippen LogP contribution in [0.3, 0.4) is 0 Å². The van der Waals surface area contributed by atoms with Gasteiger partial charge in [-0.1, -0.05) is 12.1 Å². The van der Waals surface area contributed by atoms with Crippen molar-refractivity contribution in [3.05, 3.63) is 60.2 Å². The second-order valence-corrected chi connectivity index (χ2v) is 5.95. The Labute approximate surface area is 161 Å². The van der Waals surface area contributed by atoms with E-state index in [2.05, 4.69) is 20.7 Å². The molecule has 3 rings (SSSR count). The van der Waals surface area contributed by atoms with Crippen molar-refractivity contribution in [1.29, 1.82) is 0 Å². The second kappa shape index (κ2) is 8.45. The molecule has 0 aliphatic carbocycles. The Morgan fingerprint density at radius 3 is 2.52 bits per heavy atom. The minimum Gasteiger partial charge on any atom is -0.493 e. The Hall–Kier alpha value is -3.20. The van der Waals surface area contributed by atoms with Crippen LogP contribution in [0, 0.1) is 5.82 Å². The first kappa shape index (κ1) is 18.6. The molecule has 0 atom stereocenters. The maximum absolute atomic E-state index is 13.0. The number of thiocarbonyl (C=S) groups is 1. The Morgan fingerprint density at radius 2 is 1.81 bits per heavy atom. The fourth-order valence-corrected chi connectivity index (χ4v) is 2.59. The zero-order chi connectivity index (χ0) is 19.2. The summed E-state index contributed by atoms with van der Waals surface area (Å²) < 4.78 is 25.1. The summed E-state index contributed by atoms with van der Waals surface area (Å²) in [4.78, 5) is 4.17. The van der Waals surface area contributed by atoms with Gasteiger partial charge in [0.25, 0.3) is 0 Å². The number of benzene rings is 2. The van der Waals surface area contributed by atoms with E-state index in [0.29, 0.717) is 29.1 Å². The molecule has 1 heterocycles. The molecule has 0 aliphatic rings. The summed E-state index contributed by atoms with van der Waals surface area (Å²) >= 11 is 5.29. The van der Waals surface area contributed by atoms with Crippen LogP contribution in [0.5, 0.6) is 11.5 Å². The van der Waals surface area contributed by atoms with Gasteiger partial charge < -0.3 is 14.8 Å².